The molecule has 0 bridgehead atoms. The summed E-state index contributed by atoms with van der Waals surface area (Å²) in [4.78, 5) is 25.5. The van der Waals surface area contributed by atoms with Gasteiger partial charge in [-0.1, -0.05) is 0 Å². The number of hydrogen-bond donors (Lipinski definition) is 1. The van der Waals surface area contributed by atoms with Crippen LogP contribution in [0.4, 0.5) is 4.39 Å². The van der Waals surface area contributed by atoms with Crippen LogP contribution in [0.2, 0.25) is 0 Å². The first kappa shape index (κ1) is 17.0. The Morgan fingerprint density at radius 2 is 2.33 bits per heavy atom. The second kappa shape index (κ2) is 7.03. The van der Waals surface area contributed by atoms with Gasteiger partial charge in [0.25, 0.3) is 5.91 Å². The number of piperidine rings is 1. The molecule has 8 heteroatoms. The molecule has 136 valence electrons. The van der Waals surface area contributed by atoms with Crippen LogP contribution in [0, 0.1) is 17.1 Å². The predicted octanol–water partition coefficient (Wildman–Crippen LogP) is 2.76. The standard InChI is InChI=1S/C19H17FN6O/c20-16-9-22-4-3-15(16)19(27)25-5-1-2-14(10-25)26-11-18(24-12-26)17-6-13(7-21)8-23-17/h3-4,6,8-9,11-12,14,23H,1-2,5,10H2/t14-/m0/s1. The topological polar surface area (TPSA) is 90.6 Å². The monoisotopic (exact) mass is 364 g/mol. The number of aromatic amines is 1. The molecule has 1 amide bonds. The van der Waals surface area contributed by atoms with E-state index in [4.69, 9.17) is 5.26 Å². The minimum Gasteiger partial charge on any atom is -0.359 e. The van der Waals surface area contributed by atoms with Crippen molar-refractivity contribution in [3.05, 3.63) is 60.2 Å². The molecule has 27 heavy (non-hydrogen) atoms. The van der Waals surface area contributed by atoms with Gasteiger partial charge in [-0.25, -0.2) is 9.37 Å². The highest BCUT2D eigenvalue weighted by molar-refractivity contribution is 5.94. The average molecular weight is 364 g/mol. The van der Waals surface area contributed by atoms with E-state index in [1.165, 1.54) is 12.3 Å². The molecule has 1 N–H and O–H groups in total. The lowest BCUT2D eigenvalue weighted by molar-refractivity contribution is 0.0674. The van der Waals surface area contributed by atoms with Crippen molar-refractivity contribution in [2.24, 2.45) is 0 Å². The summed E-state index contributed by atoms with van der Waals surface area (Å²) < 4.78 is 15.9. The number of pyridine rings is 1. The fourth-order valence-corrected chi connectivity index (χ4v) is 3.38. The highest BCUT2D eigenvalue weighted by atomic mass is 19.1. The Bertz CT molecular complexity index is 1020. The summed E-state index contributed by atoms with van der Waals surface area (Å²) in [6.45, 7) is 1.09. The van der Waals surface area contributed by atoms with E-state index in [1.54, 1.807) is 23.5 Å². The summed E-state index contributed by atoms with van der Waals surface area (Å²) in [5.41, 5.74) is 2.11. The average Bonchev–Trinajstić information content (AvgIpc) is 3.37. The van der Waals surface area contributed by atoms with Crippen molar-refractivity contribution >= 4 is 5.91 Å². The molecular formula is C19H17FN6O. The summed E-state index contributed by atoms with van der Waals surface area (Å²) in [7, 11) is 0. The van der Waals surface area contributed by atoms with Crippen molar-refractivity contribution in [1.29, 1.82) is 5.26 Å². The van der Waals surface area contributed by atoms with Gasteiger partial charge in [0, 0.05) is 31.7 Å². The van der Waals surface area contributed by atoms with Crippen molar-refractivity contribution in [2.75, 3.05) is 13.1 Å². The van der Waals surface area contributed by atoms with Crippen molar-refractivity contribution in [2.45, 2.75) is 18.9 Å². The zero-order valence-electron chi connectivity index (χ0n) is 14.5. The first-order valence-electron chi connectivity index (χ1n) is 8.67. The molecule has 0 unspecified atom stereocenters. The van der Waals surface area contributed by atoms with E-state index in [1.807, 2.05) is 10.8 Å². The van der Waals surface area contributed by atoms with Gasteiger partial charge in [0.2, 0.25) is 0 Å². The van der Waals surface area contributed by atoms with Crippen LogP contribution >= 0.6 is 0 Å². The molecule has 1 fully saturated rings. The second-order valence-electron chi connectivity index (χ2n) is 6.52. The molecule has 0 radical (unpaired) electrons. The van der Waals surface area contributed by atoms with Crippen LogP contribution in [0.25, 0.3) is 11.4 Å². The lowest BCUT2D eigenvalue weighted by Gasteiger charge is -2.33. The molecular weight excluding hydrogens is 347 g/mol. The Labute approximate surface area is 155 Å². The second-order valence-corrected chi connectivity index (χ2v) is 6.52. The largest absolute Gasteiger partial charge is 0.359 e. The molecule has 0 spiro atoms. The van der Waals surface area contributed by atoms with Crippen LogP contribution in [0.3, 0.4) is 0 Å². The lowest BCUT2D eigenvalue weighted by Crippen LogP contribution is -2.40. The van der Waals surface area contributed by atoms with Gasteiger partial charge in [0.05, 0.1) is 35.4 Å². The minimum absolute atomic E-state index is 0.0485. The van der Waals surface area contributed by atoms with Crippen molar-refractivity contribution in [1.82, 2.24) is 24.4 Å². The van der Waals surface area contributed by atoms with Crippen LogP contribution in [-0.4, -0.2) is 43.4 Å². The third-order valence-corrected chi connectivity index (χ3v) is 4.80. The maximum atomic E-state index is 13.9. The summed E-state index contributed by atoms with van der Waals surface area (Å²) in [6.07, 6.45) is 9.49. The van der Waals surface area contributed by atoms with Crippen molar-refractivity contribution in [3.8, 4) is 17.5 Å². The molecule has 4 rings (SSSR count). The van der Waals surface area contributed by atoms with E-state index in [0.717, 1.165) is 30.4 Å². The van der Waals surface area contributed by atoms with Crippen molar-refractivity contribution in [3.63, 3.8) is 0 Å². The quantitative estimate of drug-likeness (QED) is 0.774. The molecule has 0 saturated carbocycles. The molecule has 4 heterocycles. The van der Waals surface area contributed by atoms with E-state index < -0.39 is 5.82 Å². The van der Waals surface area contributed by atoms with Gasteiger partial charge in [-0.05, 0) is 25.0 Å². The number of nitriles is 1. The SMILES string of the molecule is N#Cc1c[nH]c(-c2cn([C@H]3CCCN(C(=O)c4ccncc4F)C3)cn2)c1. The van der Waals surface area contributed by atoms with E-state index in [0.29, 0.717) is 18.7 Å². The molecule has 0 aliphatic carbocycles. The van der Waals surface area contributed by atoms with E-state index >= 15 is 0 Å². The molecule has 1 aliphatic rings. The Hall–Kier alpha value is -3.47. The third-order valence-electron chi connectivity index (χ3n) is 4.80. The van der Waals surface area contributed by atoms with Crippen molar-refractivity contribution < 1.29 is 9.18 Å². The lowest BCUT2D eigenvalue weighted by atomic mass is 10.0. The Kier molecular flexibility index (Phi) is 4.42. The number of rotatable bonds is 3. The van der Waals surface area contributed by atoms with Gasteiger partial charge in [-0.3, -0.25) is 9.78 Å². The number of carbonyl (C=O) groups is 1. The number of nitrogens with one attached hydrogen (secondary N) is 1. The molecule has 1 atom stereocenters. The number of carbonyl (C=O) groups excluding carboxylic acids is 1. The number of imidazole rings is 1. The Morgan fingerprint density at radius 3 is 3.11 bits per heavy atom. The third kappa shape index (κ3) is 3.31. The molecule has 7 nitrogen and oxygen atoms in total. The Balaban J connectivity index is 1.51. The van der Waals surface area contributed by atoms with E-state index in [2.05, 4.69) is 21.0 Å². The molecule has 1 saturated heterocycles. The number of likely N-dealkylation sites (tertiary alicyclic amines) is 1. The zero-order chi connectivity index (χ0) is 18.8. The number of H-pyrrole nitrogens is 1. The summed E-state index contributed by atoms with van der Waals surface area (Å²) in [6, 6.07) is 5.31. The normalized spacial score (nSPS) is 16.9. The highest BCUT2D eigenvalue weighted by Gasteiger charge is 2.27. The first-order chi connectivity index (χ1) is 13.2. The number of amides is 1. The highest BCUT2D eigenvalue weighted by Crippen LogP contribution is 2.25. The van der Waals surface area contributed by atoms with Crippen LogP contribution in [0.5, 0.6) is 0 Å². The maximum Gasteiger partial charge on any atom is 0.257 e. The minimum atomic E-state index is -0.602. The van der Waals surface area contributed by atoms with Crippen LogP contribution in [-0.2, 0) is 0 Å². The summed E-state index contributed by atoms with van der Waals surface area (Å²) >= 11 is 0. The molecule has 3 aromatic heterocycles. The molecule has 1 aliphatic heterocycles. The molecule has 0 aromatic carbocycles. The Morgan fingerprint density at radius 1 is 1.44 bits per heavy atom. The zero-order valence-corrected chi connectivity index (χ0v) is 14.5. The summed E-state index contributed by atoms with van der Waals surface area (Å²) in [5, 5.41) is 8.94. The van der Waals surface area contributed by atoms with Gasteiger partial charge < -0.3 is 14.5 Å². The van der Waals surface area contributed by atoms with Crippen LogP contribution < -0.4 is 0 Å². The van der Waals surface area contributed by atoms with Gasteiger partial charge >= 0.3 is 0 Å². The molecule has 3 aromatic rings. The van der Waals surface area contributed by atoms with Crippen LogP contribution in [0.15, 0.2) is 43.2 Å². The van der Waals surface area contributed by atoms with Gasteiger partial charge in [-0.15, -0.1) is 0 Å². The van der Waals surface area contributed by atoms with Gasteiger partial charge in [0.1, 0.15) is 11.8 Å². The summed E-state index contributed by atoms with van der Waals surface area (Å²) in [5.74, 6) is -0.919. The fraction of sp³-hybridized carbons (Fsp3) is 0.263. The number of aromatic nitrogens is 4. The van der Waals surface area contributed by atoms with E-state index in [-0.39, 0.29) is 17.5 Å². The number of hydrogen-bond acceptors (Lipinski definition) is 4. The predicted molar refractivity (Wildman–Crippen MR) is 95.1 cm³/mol. The van der Waals surface area contributed by atoms with Crippen LogP contribution in [0.1, 0.15) is 34.8 Å². The maximum absolute atomic E-state index is 13.9. The smallest absolute Gasteiger partial charge is 0.257 e. The number of nitrogens with zero attached hydrogens (tertiary/aromatic N) is 5. The first-order valence-corrected chi connectivity index (χ1v) is 8.67. The fourth-order valence-electron chi connectivity index (χ4n) is 3.38. The van der Waals surface area contributed by atoms with E-state index in [9.17, 15) is 9.18 Å². The van der Waals surface area contributed by atoms with Gasteiger partial charge in [0.15, 0.2) is 5.82 Å². The number of halogens is 1. The van der Waals surface area contributed by atoms with Gasteiger partial charge in [-0.2, -0.15) is 5.26 Å².